The van der Waals surface area contributed by atoms with Crippen LogP contribution in [0.4, 0.5) is 5.69 Å². The summed E-state index contributed by atoms with van der Waals surface area (Å²) < 4.78 is 7.29. The number of aromatic nitrogens is 4. The van der Waals surface area contributed by atoms with Crippen LogP contribution in [0, 0.1) is 0 Å². The third-order valence-corrected chi connectivity index (χ3v) is 5.41. The van der Waals surface area contributed by atoms with Crippen molar-refractivity contribution in [1.29, 1.82) is 0 Å². The molecule has 1 N–H and O–H groups in total. The van der Waals surface area contributed by atoms with Gasteiger partial charge in [0, 0.05) is 42.9 Å². The van der Waals surface area contributed by atoms with Gasteiger partial charge in [-0.15, -0.1) is 0 Å². The highest BCUT2D eigenvalue weighted by Gasteiger charge is 2.32. The van der Waals surface area contributed by atoms with Crippen LogP contribution < -0.4 is 4.90 Å². The summed E-state index contributed by atoms with van der Waals surface area (Å²) in [5.74, 6) is 0. The van der Waals surface area contributed by atoms with E-state index in [2.05, 4.69) is 50.2 Å². The van der Waals surface area contributed by atoms with E-state index in [9.17, 15) is 0 Å². The molecule has 5 rings (SSSR count). The molecule has 1 unspecified atom stereocenters. The van der Waals surface area contributed by atoms with Crippen molar-refractivity contribution in [2.75, 3.05) is 37.7 Å². The van der Waals surface area contributed by atoms with Crippen molar-refractivity contribution in [3.63, 3.8) is 0 Å². The molecule has 0 saturated carbocycles. The van der Waals surface area contributed by atoms with Gasteiger partial charge in [-0.25, -0.2) is 4.68 Å². The number of anilines is 1. The standard InChI is InChI=1S/C18H22N6O/c1-13-10-22(17-11-25-12-17)4-5-23(13)15-3-2-14-7-21-24(18(14)6-15)16-8-19-20-9-16/h2-3,6-9,13,17H,4-5,10-12H2,1H3,(H,19,20). The lowest BCUT2D eigenvalue weighted by atomic mass is 10.1. The van der Waals surface area contributed by atoms with Crippen LogP contribution >= 0.6 is 0 Å². The van der Waals surface area contributed by atoms with Gasteiger partial charge < -0.3 is 9.64 Å². The summed E-state index contributed by atoms with van der Waals surface area (Å²) in [4.78, 5) is 5.07. The van der Waals surface area contributed by atoms with E-state index in [4.69, 9.17) is 4.74 Å². The zero-order valence-electron chi connectivity index (χ0n) is 14.3. The SMILES string of the molecule is CC1CN(C2COC2)CCN1c1ccc2cnn(-c3cn[nH]c3)c2c1. The van der Waals surface area contributed by atoms with Gasteiger partial charge in [0.2, 0.25) is 0 Å². The second-order valence-corrected chi connectivity index (χ2v) is 6.98. The van der Waals surface area contributed by atoms with Gasteiger partial charge >= 0.3 is 0 Å². The van der Waals surface area contributed by atoms with E-state index >= 15 is 0 Å². The predicted octanol–water partition coefficient (Wildman–Crippen LogP) is 1.66. The molecule has 25 heavy (non-hydrogen) atoms. The van der Waals surface area contributed by atoms with Crippen LogP contribution in [0.2, 0.25) is 0 Å². The molecular formula is C18H22N6O. The molecule has 3 aromatic rings. The van der Waals surface area contributed by atoms with Crippen LogP contribution in [0.1, 0.15) is 6.92 Å². The summed E-state index contributed by atoms with van der Waals surface area (Å²) in [5.41, 5.74) is 3.32. The predicted molar refractivity (Wildman–Crippen MR) is 96.2 cm³/mol. The Hall–Kier alpha value is -2.38. The molecule has 4 heterocycles. The molecule has 0 spiro atoms. The average molecular weight is 338 g/mol. The number of aromatic amines is 1. The number of nitrogens with zero attached hydrogens (tertiary/aromatic N) is 5. The number of hydrogen-bond donors (Lipinski definition) is 1. The first-order valence-corrected chi connectivity index (χ1v) is 8.85. The number of hydrogen-bond acceptors (Lipinski definition) is 5. The van der Waals surface area contributed by atoms with Gasteiger partial charge in [-0.1, -0.05) is 0 Å². The third-order valence-electron chi connectivity index (χ3n) is 5.41. The minimum atomic E-state index is 0.483. The van der Waals surface area contributed by atoms with Gasteiger partial charge in [0.1, 0.15) is 5.69 Å². The molecule has 1 atom stereocenters. The number of ether oxygens (including phenoxy) is 1. The van der Waals surface area contributed by atoms with Gasteiger partial charge in [0.15, 0.2) is 0 Å². The minimum absolute atomic E-state index is 0.483. The van der Waals surface area contributed by atoms with Gasteiger partial charge in [-0.3, -0.25) is 10.00 Å². The van der Waals surface area contributed by atoms with E-state index in [1.165, 1.54) is 5.69 Å². The van der Waals surface area contributed by atoms with Crippen molar-refractivity contribution in [2.24, 2.45) is 0 Å². The lowest BCUT2D eigenvalue weighted by molar-refractivity contribution is -0.0691. The molecule has 0 bridgehead atoms. The van der Waals surface area contributed by atoms with Crippen molar-refractivity contribution in [1.82, 2.24) is 24.9 Å². The van der Waals surface area contributed by atoms with Crippen LogP contribution in [0.3, 0.4) is 0 Å². The van der Waals surface area contributed by atoms with Gasteiger partial charge in [-0.2, -0.15) is 10.2 Å². The van der Waals surface area contributed by atoms with Crippen molar-refractivity contribution < 1.29 is 4.74 Å². The van der Waals surface area contributed by atoms with Crippen LogP contribution in [-0.4, -0.2) is 69.8 Å². The van der Waals surface area contributed by atoms with E-state index in [0.717, 1.165) is 49.4 Å². The zero-order chi connectivity index (χ0) is 16.8. The molecule has 0 aliphatic carbocycles. The lowest BCUT2D eigenvalue weighted by Gasteiger charge is -2.46. The Morgan fingerprint density at radius 2 is 2.08 bits per heavy atom. The van der Waals surface area contributed by atoms with Gasteiger partial charge in [0.05, 0.1) is 37.2 Å². The van der Waals surface area contributed by atoms with Crippen LogP contribution in [0.15, 0.2) is 36.8 Å². The number of benzene rings is 1. The maximum absolute atomic E-state index is 5.35. The minimum Gasteiger partial charge on any atom is -0.378 e. The molecule has 2 aromatic heterocycles. The second kappa shape index (κ2) is 5.86. The Morgan fingerprint density at radius 3 is 2.80 bits per heavy atom. The van der Waals surface area contributed by atoms with Crippen LogP contribution in [0.5, 0.6) is 0 Å². The fourth-order valence-corrected chi connectivity index (χ4v) is 3.89. The highest BCUT2D eigenvalue weighted by atomic mass is 16.5. The van der Waals surface area contributed by atoms with Crippen LogP contribution in [0.25, 0.3) is 16.6 Å². The smallest absolute Gasteiger partial charge is 0.103 e. The maximum atomic E-state index is 5.35. The summed E-state index contributed by atoms with van der Waals surface area (Å²) in [7, 11) is 0. The van der Waals surface area contributed by atoms with E-state index in [0.29, 0.717) is 12.1 Å². The number of H-pyrrole nitrogens is 1. The fourth-order valence-electron chi connectivity index (χ4n) is 3.89. The normalized spacial score (nSPS) is 22.4. The van der Waals surface area contributed by atoms with Gasteiger partial charge in [0.25, 0.3) is 0 Å². The maximum Gasteiger partial charge on any atom is 0.103 e. The summed E-state index contributed by atoms with van der Waals surface area (Å²) in [6.07, 6.45) is 5.56. The Labute approximate surface area is 146 Å². The molecule has 2 aliphatic heterocycles. The van der Waals surface area contributed by atoms with Gasteiger partial charge in [-0.05, 0) is 25.1 Å². The quantitative estimate of drug-likeness (QED) is 0.787. The third kappa shape index (κ3) is 2.51. The molecule has 7 heteroatoms. The Kier molecular flexibility index (Phi) is 3.50. The monoisotopic (exact) mass is 338 g/mol. The molecular weight excluding hydrogens is 316 g/mol. The molecule has 2 saturated heterocycles. The fraction of sp³-hybridized carbons (Fsp3) is 0.444. The molecule has 0 radical (unpaired) electrons. The van der Waals surface area contributed by atoms with Crippen LogP contribution in [-0.2, 0) is 4.74 Å². The largest absolute Gasteiger partial charge is 0.378 e. The molecule has 2 aliphatic rings. The van der Waals surface area contributed by atoms with E-state index in [-0.39, 0.29) is 0 Å². The molecule has 0 amide bonds. The molecule has 130 valence electrons. The Bertz CT molecular complexity index is 869. The highest BCUT2D eigenvalue weighted by Crippen LogP contribution is 2.27. The van der Waals surface area contributed by atoms with Crippen molar-refractivity contribution in [3.05, 3.63) is 36.8 Å². The molecule has 1 aromatic carbocycles. The summed E-state index contributed by atoms with van der Waals surface area (Å²) >= 11 is 0. The van der Waals surface area contributed by atoms with E-state index in [1.807, 2.05) is 17.1 Å². The zero-order valence-corrected chi connectivity index (χ0v) is 14.3. The Morgan fingerprint density at radius 1 is 1.16 bits per heavy atom. The number of rotatable bonds is 3. The van der Waals surface area contributed by atoms with E-state index in [1.54, 1.807) is 6.20 Å². The first-order chi connectivity index (χ1) is 12.3. The molecule has 7 nitrogen and oxygen atoms in total. The first-order valence-electron chi connectivity index (χ1n) is 8.85. The summed E-state index contributed by atoms with van der Waals surface area (Å²) in [5, 5.41) is 12.5. The average Bonchev–Trinajstić information content (AvgIpc) is 3.22. The number of fused-ring (bicyclic) bond motifs is 1. The Balaban J connectivity index is 1.44. The van der Waals surface area contributed by atoms with Crippen molar-refractivity contribution >= 4 is 16.6 Å². The molecule has 2 fully saturated rings. The number of piperazine rings is 1. The topological polar surface area (TPSA) is 62.2 Å². The highest BCUT2D eigenvalue weighted by molar-refractivity contribution is 5.84. The van der Waals surface area contributed by atoms with Crippen molar-refractivity contribution in [3.8, 4) is 5.69 Å². The summed E-state index contributed by atoms with van der Waals surface area (Å²) in [6, 6.07) is 7.72. The first kappa shape index (κ1) is 14.9. The van der Waals surface area contributed by atoms with E-state index < -0.39 is 0 Å². The lowest BCUT2D eigenvalue weighted by Crippen LogP contribution is -2.59. The van der Waals surface area contributed by atoms with Crippen molar-refractivity contribution in [2.45, 2.75) is 19.0 Å². The summed E-state index contributed by atoms with van der Waals surface area (Å²) in [6.45, 7) is 7.32. The second-order valence-electron chi connectivity index (χ2n) is 6.98. The number of nitrogens with one attached hydrogen (secondary N) is 1.